The fourth-order valence-electron chi connectivity index (χ4n) is 4.79. The lowest BCUT2D eigenvalue weighted by molar-refractivity contribution is 0.214. The van der Waals surface area contributed by atoms with Gasteiger partial charge in [-0.25, -0.2) is 0 Å². The molecule has 8 heteroatoms. The molecule has 4 aromatic rings. The van der Waals surface area contributed by atoms with Crippen LogP contribution < -0.4 is 0 Å². The van der Waals surface area contributed by atoms with Gasteiger partial charge in [0.05, 0.1) is 11.4 Å². The van der Waals surface area contributed by atoms with Crippen LogP contribution in [0.25, 0.3) is 0 Å². The molecule has 0 amide bonds. The molecule has 2 aromatic carbocycles. The Bertz CT molecular complexity index is 1230. The number of aliphatic hydroxyl groups is 1. The first-order chi connectivity index (χ1) is 17.3. The molecule has 2 aliphatic carbocycles. The van der Waals surface area contributed by atoms with Crippen LogP contribution in [0.3, 0.4) is 0 Å². The minimum atomic E-state index is -0.664. The van der Waals surface area contributed by atoms with Crippen molar-refractivity contribution >= 4 is 66.7 Å². The highest BCUT2D eigenvalue weighted by molar-refractivity contribution is 9.10. The van der Waals surface area contributed by atoms with Crippen molar-refractivity contribution < 1.29 is 5.11 Å². The summed E-state index contributed by atoms with van der Waals surface area (Å²) < 4.78 is 1.94. The summed E-state index contributed by atoms with van der Waals surface area (Å²) >= 11 is 25.5. The van der Waals surface area contributed by atoms with Gasteiger partial charge in [-0.3, -0.25) is 9.97 Å². The van der Waals surface area contributed by atoms with Gasteiger partial charge in [0.1, 0.15) is 11.5 Å². The molecule has 2 heterocycles. The van der Waals surface area contributed by atoms with Gasteiger partial charge in [-0.05, 0) is 127 Å². The number of benzene rings is 2. The number of pyridine rings is 2. The fourth-order valence-corrected chi connectivity index (χ4v) is 6.34. The van der Waals surface area contributed by atoms with Gasteiger partial charge in [-0.15, -0.1) is 11.6 Å². The van der Waals surface area contributed by atoms with Crippen LogP contribution in [0, 0.1) is 0 Å². The van der Waals surface area contributed by atoms with E-state index in [0.29, 0.717) is 5.02 Å². The van der Waals surface area contributed by atoms with Gasteiger partial charge < -0.3 is 5.11 Å². The number of nitrogens with zero attached hydrogens (tertiary/aromatic N) is 2. The summed E-state index contributed by atoms with van der Waals surface area (Å²) in [5.41, 5.74) is 8.35. The van der Waals surface area contributed by atoms with Crippen molar-refractivity contribution in [3.8, 4) is 0 Å². The molecule has 0 saturated carbocycles. The number of rotatable bonds is 0. The lowest BCUT2D eigenvalue weighted by Crippen LogP contribution is -2.05. The fraction of sp³-hybridized carbons (Fsp3) is 0.214. The van der Waals surface area contributed by atoms with Crippen molar-refractivity contribution in [1.29, 1.82) is 0 Å². The van der Waals surface area contributed by atoms with Crippen LogP contribution in [0.15, 0.2) is 69.9 Å². The Morgan fingerprint density at radius 3 is 1.75 bits per heavy atom. The van der Waals surface area contributed by atoms with Crippen LogP contribution in [0.2, 0.25) is 10.0 Å². The first-order valence-corrected chi connectivity index (χ1v) is 14.3. The predicted octanol–water partition coefficient (Wildman–Crippen LogP) is 8.60. The number of aliphatic hydroxyl groups excluding tert-OH is 1. The molecule has 2 atom stereocenters. The number of hydrogen-bond acceptors (Lipinski definition) is 3. The highest BCUT2D eigenvalue weighted by Crippen LogP contribution is 2.37. The largest absolute Gasteiger partial charge is 0.382 e. The topological polar surface area (TPSA) is 46.0 Å². The Morgan fingerprint density at radius 1 is 0.667 bits per heavy atom. The van der Waals surface area contributed by atoms with Crippen LogP contribution in [0.5, 0.6) is 0 Å². The normalized spacial score (nSPS) is 17.8. The van der Waals surface area contributed by atoms with Crippen molar-refractivity contribution in [2.45, 2.75) is 37.2 Å². The Hall–Kier alpha value is -1.47. The molecule has 2 aliphatic rings. The second-order valence-electron chi connectivity index (χ2n) is 8.85. The zero-order valence-corrected chi connectivity index (χ0v) is 24.4. The number of aryl methyl sites for hydroxylation is 4. The first kappa shape index (κ1) is 26.1. The van der Waals surface area contributed by atoms with Crippen molar-refractivity contribution in [1.82, 2.24) is 9.97 Å². The predicted molar refractivity (Wildman–Crippen MR) is 153 cm³/mol. The monoisotopic (exact) mass is 664 g/mol. The molecule has 0 bridgehead atoms. The van der Waals surface area contributed by atoms with Gasteiger partial charge in [-0.2, -0.15) is 0 Å². The summed E-state index contributed by atoms with van der Waals surface area (Å²) in [5.74, 6) is 0. The third-order valence-electron chi connectivity index (χ3n) is 6.54. The smallest absolute Gasteiger partial charge is 0.121 e. The van der Waals surface area contributed by atoms with E-state index in [2.05, 4.69) is 47.9 Å². The van der Waals surface area contributed by atoms with E-state index in [0.717, 1.165) is 73.3 Å². The van der Waals surface area contributed by atoms with E-state index < -0.39 is 6.10 Å². The van der Waals surface area contributed by atoms with Crippen LogP contribution in [0.1, 0.15) is 56.2 Å². The SMILES string of the molecule is Clc1ccc2c(c1)CCc1cc(Br)cnc1C2Cl.OC1c2ccc(Cl)cc2CCc2cc(Br)cnc21. The van der Waals surface area contributed by atoms with E-state index in [4.69, 9.17) is 34.8 Å². The summed E-state index contributed by atoms with van der Waals surface area (Å²) in [6.45, 7) is 0. The lowest BCUT2D eigenvalue weighted by atomic mass is 10.0. The maximum Gasteiger partial charge on any atom is 0.121 e. The average molecular weight is 668 g/mol. The molecule has 36 heavy (non-hydrogen) atoms. The zero-order chi connectivity index (χ0) is 25.4. The Morgan fingerprint density at radius 2 is 1.14 bits per heavy atom. The molecule has 0 saturated heterocycles. The first-order valence-electron chi connectivity index (χ1n) is 11.5. The van der Waals surface area contributed by atoms with Gasteiger partial charge in [-0.1, -0.05) is 35.3 Å². The van der Waals surface area contributed by atoms with Crippen molar-refractivity contribution in [2.75, 3.05) is 0 Å². The van der Waals surface area contributed by atoms with Gasteiger partial charge in [0.2, 0.25) is 0 Å². The van der Waals surface area contributed by atoms with Gasteiger partial charge in [0.25, 0.3) is 0 Å². The van der Waals surface area contributed by atoms with E-state index in [-0.39, 0.29) is 5.38 Å². The maximum absolute atomic E-state index is 10.5. The molecule has 2 unspecified atom stereocenters. The number of aromatic nitrogens is 2. The van der Waals surface area contributed by atoms with E-state index in [1.807, 2.05) is 42.5 Å². The second kappa shape index (κ2) is 11.1. The van der Waals surface area contributed by atoms with E-state index in [1.54, 1.807) is 12.4 Å². The van der Waals surface area contributed by atoms with Crippen LogP contribution in [-0.4, -0.2) is 15.1 Å². The number of hydrogen-bond donors (Lipinski definition) is 1. The summed E-state index contributed by atoms with van der Waals surface area (Å²) in [6.07, 6.45) is 6.49. The van der Waals surface area contributed by atoms with Crippen molar-refractivity contribution in [3.63, 3.8) is 0 Å². The Labute approximate surface area is 242 Å². The molecule has 1 N–H and O–H groups in total. The molecule has 184 valence electrons. The molecule has 0 spiro atoms. The zero-order valence-electron chi connectivity index (χ0n) is 19.0. The Kier molecular flexibility index (Phi) is 8.07. The average Bonchev–Trinajstić information content (AvgIpc) is 3.07. The lowest BCUT2D eigenvalue weighted by Gasteiger charge is -2.13. The number of alkyl halides is 1. The third kappa shape index (κ3) is 5.52. The molecular formula is C28H21Br2Cl3N2O. The van der Waals surface area contributed by atoms with E-state index in [1.165, 1.54) is 11.1 Å². The highest BCUT2D eigenvalue weighted by atomic mass is 79.9. The van der Waals surface area contributed by atoms with Crippen LogP contribution in [-0.2, 0) is 25.7 Å². The second-order valence-corrected chi connectivity index (χ2v) is 12.0. The summed E-state index contributed by atoms with van der Waals surface area (Å²) in [6, 6.07) is 15.7. The molecule has 0 fully saturated rings. The minimum Gasteiger partial charge on any atom is -0.382 e. The third-order valence-corrected chi connectivity index (χ3v) is 8.32. The molecule has 0 aliphatic heterocycles. The number of fused-ring (bicyclic) bond motifs is 4. The summed E-state index contributed by atoms with van der Waals surface area (Å²) in [4.78, 5) is 8.82. The van der Waals surface area contributed by atoms with Crippen LogP contribution >= 0.6 is 66.7 Å². The molecular weight excluding hydrogens is 646 g/mol. The van der Waals surface area contributed by atoms with Crippen molar-refractivity contribution in [2.24, 2.45) is 0 Å². The molecule has 0 radical (unpaired) electrons. The van der Waals surface area contributed by atoms with E-state index in [9.17, 15) is 5.11 Å². The maximum atomic E-state index is 10.5. The molecule has 2 aromatic heterocycles. The standard InChI is InChI=1S/C14H10BrCl2N.C14H11BrClNO/c15-10-5-9-2-1-8-6-11(16)3-4-12(8)13(17)14(9)18-7-10;15-10-5-9-2-1-8-6-11(16)3-4-12(8)14(18)13(9)17-7-10/h3-7,13H,1-2H2;3-7,14,18H,1-2H2. The Balaban J connectivity index is 0.000000148. The quantitative estimate of drug-likeness (QED) is 0.191. The summed E-state index contributed by atoms with van der Waals surface area (Å²) in [7, 11) is 0. The summed E-state index contributed by atoms with van der Waals surface area (Å²) in [5, 5.41) is 11.7. The van der Waals surface area contributed by atoms with Gasteiger partial charge in [0, 0.05) is 31.4 Å². The van der Waals surface area contributed by atoms with E-state index >= 15 is 0 Å². The molecule has 3 nitrogen and oxygen atoms in total. The number of halogens is 5. The van der Waals surface area contributed by atoms with Gasteiger partial charge >= 0.3 is 0 Å². The highest BCUT2D eigenvalue weighted by Gasteiger charge is 2.24. The molecule has 6 rings (SSSR count). The minimum absolute atomic E-state index is 0.192. The van der Waals surface area contributed by atoms with Crippen LogP contribution in [0.4, 0.5) is 0 Å². The van der Waals surface area contributed by atoms with Gasteiger partial charge in [0.15, 0.2) is 0 Å². The van der Waals surface area contributed by atoms with Crippen molar-refractivity contribution in [3.05, 3.63) is 125 Å².